The minimum absolute atomic E-state index is 0.174. The van der Waals surface area contributed by atoms with Crippen molar-refractivity contribution in [3.05, 3.63) is 17.8 Å². The molecule has 0 atom stereocenters. The molecule has 1 aliphatic heterocycles. The Hall–Kier alpha value is -1.86. The molecule has 0 spiro atoms. The minimum Gasteiger partial charge on any atom is -0.462 e. The molecule has 1 fully saturated rings. The van der Waals surface area contributed by atoms with Crippen LogP contribution in [-0.4, -0.2) is 66.9 Å². The third kappa shape index (κ3) is 3.83. The van der Waals surface area contributed by atoms with Gasteiger partial charge in [-0.1, -0.05) is 0 Å². The zero-order chi connectivity index (χ0) is 15.2. The summed E-state index contributed by atoms with van der Waals surface area (Å²) in [4.78, 5) is 20.5. The van der Waals surface area contributed by atoms with E-state index in [1.165, 1.54) is 6.20 Å². The Labute approximate surface area is 124 Å². The third-order valence-electron chi connectivity index (χ3n) is 3.53. The van der Waals surface area contributed by atoms with Gasteiger partial charge >= 0.3 is 5.97 Å². The Kier molecular flexibility index (Phi) is 5.35. The molecule has 0 amide bonds. The van der Waals surface area contributed by atoms with Gasteiger partial charge < -0.3 is 20.5 Å². The number of carbonyl (C=O) groups excluding carboxylic acids is 1. The van der Waals surface area contributed by atoms with Crippen LogP contribution >= 0.6 is 0 Å². The van der Waals surface area contributed by atoms with Crippen LogP contribution in [0.2, 0.25) is 0 Å². The number of anilines is 2. The van der Waals surface area contributed by atoms with E-state index in [9.17, 15) is 4.79 Å². The highest BCUT2D eigenvalue weighted by molar-refractivity contribution is 5.95. The number of aliphatic hydroxyl groups is 1. The lowest BCUT2D eigenvalue weighted by molar-refractivity contribution is 0.0527. The van der Waals surface area contributed by atoms with Gasteiger partial charge in [-0.3, -0.25) is 4.90 Å². The summed E-state index contributed by atoms with van der Waals surface area (Å²) in [7, 11) is 0. The van der Waals surface area contributed by atoms with Crippen molar-refractivity contribution in [1.29, 1.82) is 0 Å². The molecular formula is C14H22N4O3. The smallest absolute Gasteiger partial charge is 0.340 e. The highest BCUT2D eigenvalue weighted by atomic mass is 16.5. The fourth-order valence-electron chi connectivity index (χ4n) is 2.36. The summed E-state index contributed by atoms with van der Waals surface area (Å²) >= 11 is 0. The molecule has 2 heterocycles. The molecule has 1 aromatic rings. The second-order valence-corrected chi connectivity index (χ2v) is 4.90. The predicted octanol–water partition coefficient (Wildman–Crippen LogP) is -0.0452. The van der Waals surface area contributed by atoms with Crippen LogP contribution in [0.1, 0.15) is 17.3 Å². The average molecular weight is 294 g/mol. The Morgan fingerprint density at radius 2 is 2.14 bits per heavy atom. The molecule has 2 rings (SSSR count). The zero-order valence-corrected chi connectivity index (χ0v) is 12.3. The zero-order valence-electron chi connectivity index (χ0n) is 12.3. The topological polar surface area (TPSA) is 91.9 Å². The molecule has 7 nitrogen and oxygen atoms in total. The van der Waals surface area contributed by atoms with Crippen molar-refractivity contribution < 1.29 is 14.6 Å². The Bertz CT molecular complexity index is 487. The van der Waals surface area contributed by atoms with Crippen LogP contribution in [0.5, 0.6) is 0 Å². The number of nitrogen functional groups attached to an aromatic ring is 1. The second kappa shape index (κ2) is 7.24. The number of carbonyl (C=O) groups is 1. The van der Waals surface area contributed by atoms with E-state index in [2.05, 4.69) is 14.8 Å². The number of hydrogen-bond acceptors (Lipinski definition) is 7. The lowest BCUT2D eigenvalue weighted by atomic mass is 10.2. The molecule has 3 N–H and O–H groups in total. The third-order valence-corrected chi connectivity index (χ3v) is 3.53. The largest absolute Gasteiger partial charge is 0.462 e. The number of esters is 1. The van der Waals surface area contributed by atoms with Crippen molar-refractivity contribution in [2.24, 2.45) is 0 Å². The van der Waals surface area contributed by atoms with E-state index in [1.54, 1.807) is 13.0 Å². The molecule has 0 unspecified atom stereocenters. The maximum atomic E-state index is 11.9. The molecule has 7 heteroatoms. The van der Waals surface area contributed by atoms with Crippen LogP contribution in [0.3, 0.4) is 0 Å². The molecule has 0 radical (unpaired) electrons. The lowest BCUT2D eigenvalue weighted by Gasteiger charge is -2.35. The van der Waals surface area contributed by atoms with E-state index >= 15 is 0 Å². The number of β-amino-alcohol motifs (C(OH)–C–C–N with tert-alkyl or cyclic N) is 1. The summed E-state index contributed by atoms with van der Waals surface area (Å²) in [5.41, 5.74) is 6.48. The highest BCUT2D eigenvalue weighted by Gasteiger charge is 2.20. The summed E-state index contributed by atoms with van der Waals surface area (Å²) < 4.78 is 5.00. The van der Waals surface area contributed by atoms with E-state index < -0.39 is 5.97 Å². The summed E-state index contributed by atoms with van der Waals surface area (Å²) in [5.74, 6) is 0.313. The standard InChI is InChI=1S/C14H22N4O3/c1-2-21-14(20)11-9-13(16-10-12(11)15)18-5-3-17(4-6-18)7-8-19/h9-10,19H,2-8,15H2,1H3. The van der Waals surface area contributed by atoms with Gasteiger partial charge in [0.1, 0.15) is 5.82 Å². The number of hydrogen-bond donors (Lipinski definition) is 2. The van der Waals surface area contributed by atoms with Crippen molar-refractivity contribution in [3.8, 4) is 0 Å². The molecular weight excluding hydrogens is 272 g/mol. The van der Waals surface area contributed by atoms with E-state index in [0.717, 1.165) is 32.0 Å². The van der Waals surface area contributed by atoms with Crippen LogP contribution < -0.4 is 10.6 Å². The van der Waals surface area contributed by atoms with Crippen LogP contribution in [0.15, 0.2) is 12.3 Å². The Balaban J connectivity index is 2.07. The van der Waals surface area contributed by atoms with Gasteiger partial charge in [-0.05, 0) is 13.0 Å². The van der Waals surface area contributed by atoms with Gasteiger partial charge in [-0.25, -0.2) is 9.78 Å². The number of aromatic nitrogens is 1. The van der Waals surface area contributed by atoms with Crippen LogP contribution in [0, 0.1) is 0 Å². The predicted molar refractivity (Wildman–Crippen MR) is 80.3 cm³/mol. The average Bonchev–Trinajstić information content (AvgIpc) is 2.49. The first-order chi connectivity index (χ1) is 10.2. The minimum atomic E-state index is -0.419. The summed E-state index contributed by atoms with van der Waals surface area (Å²) in [5, 5.41) is 8.95. The van der Waals surface area contributed by atoms with Gasteiger partial charge in [0.25, 0.3) is 0 Å². The molecule has 0 aromatic carbocycles. The first-order valence-electron chi connectivity index (χ1n) is 7.16. The Morgan fingerprint density at radius 1 is 1.43 bits per heavy atom. The lowest BCUT2D eigenvalue weighted by Crippen LogP contribution is -2.47. The molecule has 116 valence electrons. The second-order valence-electron chi connectivity index (χ2n) is 4.90. The quantitative estimate of drug-likeness (QED) is 0.736. The molecule has 0 saturated carbocycles. The number of rotatable bonds is 5. The molecule has 1 aliphatic rings. The van der Waals surface area contributed by atoms with Crippen LogP contribution in [-0.2, 0) is 4.74 Å². The molecule has 0 bridgehead atoms. The maximum absolute atomic E-state index is 11.9. The maximum Gasteiger partial charge on any atom is 0.340 e. The number of ether oxygens (including phenoxy) is 1. The number of piperazine rings is 1. The molecule has 1 saturated heterocycles. The fourth-order valence-corrected chi connectivity index (χ4v) is 2.36. The number of nitrogens with zero attached hydrogens (tertiary/aromatic N) is 3. The van der Waals surface area contributed by atoms with Crippen molar-refractivity contribution >= 4 is 17.5 Å². The van der Waals surface area contributed by atoms with Crippen molar-refractivity contribution in [2.75, 3.05) is 56.6 Å². The van der Waals surface area contributed by atoms with Crippen LogP contribution in [0.4, 0.5) is 11.5 Å². The summed E-state index contributed by atoms with van der Waals surface area (Å²) in [6.45, 7) is 6.28. The van der Waals surface area contributed by atoms with Gasteiger partial charge in [0, 0.05) is 32.7 Å². The summed E-state index contributed by atoms with van der Waals surface area (Å²) in [6, 6.07) is 1.69. The number of pyridine rings is 1. The monoisotopic (exact) mass is 294 g/mol. The molecule has 1 aromatic heterocycles. The molecule has 0 aliphatic carbocycles. The SMILES string of the molecule is CCOC(=O)c1cc(N2CCN(CCO)CC2)ncc1N. The van der Waals surface area contributed by atoms with Gasteiger partial charge in [-0.15, -0.1) is 0 Å². The number of aliphatic hydroxyl groups excluding tert-OH is 1. The fraction of sp³-hybridized carbons (Fsp3) is 0.571. The van der Waals surface area contributed by atoms with Crippen LogP contribution in [0.25, 0.3) is 0 Å². The first kappa shape index (κ1) is 15.5. The van der Waals surface area contributed by atoms with E-state index in [4.69, 9.17) is 15.6 Å². The van der Waals surface area contributed by atoms with Crippen molar-refractivity contribution in [3.63, 3.8) is 0 Å². The van der Waals surface area contributed by atoms with Crippen molar-refractivity contribution in [1.82, 2.24) is 9.88 Å². The highest BCUT2D eigenvalue weighted by Crippen LogP contribution is 2.20. The first-order valence-corrected chi connectivity index (χ1v) is 7.16. The van der Waals surface area contributed by atoms with Gasteiger partial charge in [-0.2, -0.15) is 0 Å². The van der Waals surface area contributed by atoms with E-state index in [-0.39, 0.29) is 6.61 Å². The number of nitrogens with two attached hydrogens (primary N) is 1. The van der Waals surface area contributed by atoms with Gasteiger partial charge in [0.05, 0.1) is 30.7 Å². The summed E-state index contributed by atoms with van der Waals surface area (Å²) in [6.07, 6.45) is 1.50. The normalized spacial score (nSPS) is 16.0. The molecule has 21 heavy (non-hydrogen) atoms. The van der Waals surface area contributed by atoms with Crippen molar-refractivity contribution in [2.45, 2.75) is 6.92 Å². The van der Waals surface area contributed by atoms with E-state index in [1.807, 2.05) is 0 Å². The Morgan fingerprint density at radius 3 is 2.76 bits per heavy atom. The van der Waals surface area contributed by atoms with Gasteiger partial charge in [0.2, 0.25) is 0 Å². The van der Waals surface area contributed by atoms with Gasteiger partial charge in [0.15, 0.2) is 0 Å². The van der Waals surface area contributed by atoms with E-state index in [0.29, 0.717) is 24.4 Å².